The van der Waals surface area contributed by atoms with Gasteiger partial charge in [0.05, 0.1) is 26.4 Å². The largest absolute Gasteiger partial charge is 0.494 e. The van der Waals surface area contributed by atoms with Crippen LogP contribution in [0.1, 0.15) is 18.9 Å². The van der Waals surface area contributed by atoms with Crippen LogP contribution >= 0.6 is 0 Å². The first-order valence-electron chi connectivity index (χ1n) is 10.4. The van der Waals surface area contributed by atoms with Crippen LogP contribution in [0.25, 0.3) is 5.57 Å². The molecular formula is C24H28N2O6. The van der Waals surface area contributed by atoms with Gasteiger partial charge in [-0.15, -0.1) is 0 Å². The Morgan fingerprint density at radius 3 is 2.25 bits per heavy atom. The molecule has 1 aliphatic rings. The molecule has 3 rings (SSSR count). The molecular weight excluding hydrogens is 412 g/mol. The monoisotopic (exact) mass is 440 g/mol. The van der Waals surface area contributed by atoms with Crippen molar-refractivity contribution in [2.45, 2.75) is 13.3 Å². The number of rotatable bonds is 11. The summed E-state index contributed by atoms with van der Waals surface area (Å²) in [5.41, 5.74) is 1.72. The number of imide groups is 1. The predicted molar refractivity (Wildman–Crippen MR) is 121 cm³/mol. The van der Waals surface area contributed by atoms with Crippen LogP contribution in [0.2, 0.25) is 0 Å². The summed E-state index contributed by atoms with van der Waals surface area (Å²) in [5, 5.41) is 3.13. The van der Waals surface area contributed by atoms with Gasteiger partial charge >= 0.3 is 0 Å². The minimum absolute atomic E-state index is 0.212. The van der Waals surface area contributed by atoms with E-state index in [1.807, 2.05) is 6.92 Å². The maximum Gasteiger partial charge on any atom is 0.278 e. The van der Waals surface area contributed by atoms with E-state index in [4.69, 9.17) is 18.9 Å². The third kappa shape index (κ3) is 4.86. The van der Waals surface area contributed by atoms with Crippen LogP contribution in [-0.4, -0.2) is 57.8 Å². The van der Waals surface area contributed by atoms with E-state index in [0.29, 0.717) is 42.4 Å². The van der Waals surface area contributed by atoms with Crippen LogP contribution in [0.3, 0.4) is 0 Å². The third-order valence-electron chi connectivity index (χ3n) is 5.01. The van der Waals surface area contributed by atoms with Crippen LogP contribution in [-0.2, 0) is 14.3 Å². The molecule has 8 nitrogen and oxygen atoms in total. The number of carbonyl (C=O) groups excluding carboxylic acids is 2. The molecule has 2 aromatic carbocycles. The highest BCUT2D eigenvalue weighted by molar-refractivity contribution is 6.36. The summed E-state index contributed by atoms with van der Waals surface area (Å²) < 4.78 is 21.2. The van der Waals surface area contributed by atoms with Gasteiger partial charge in [0, 0.05) is 25.9 Å². The van der Waals surface area contributed by atoms with Crippen molar-refractivity contribution in [2.24, 2.45) is 0 Å². The zero-order chi connectivity index (χ0) is 23.1. The molecule has 0 unspecified atom stereocenters. The number of nitrogens with zero attached hydrogens (tertiary/aromatic N) is 1. The molecule has 0 fully saturated rings. The Morgan fingerprint density at radius 1 is 0.906 bits per heavy atom. The van der Waals surface area contributed by atoms with E-state index in [9.17, 15) is 9.59 Å². The predicted octanol–water partition coefficient (Wildman–Crippen LogP) is 3.33. The number of methoxy groups -OCH3 is 3. The second kappa shape index (κ2) is 10.7. The van der Waals surface area contributed by atoms with Gasteiger partial charge in [-0.3, -0.25) is 14.5 Å². The van der Waals surface area contributed by atoms with Gasteiger partial charge in [0.25, 0.3) is 11.8 Å². The standard InChI is InChI=1S/C24H28N2O6/c1-5-32-18-10-8-17(9-11-18)25-22-21(16-7-12-19(30-3)20(15-16)31-4)23(27)26(24(22)28)13-6-14-29-2/h7-12,15,25H,5-6,13-14H2,1-4H3. The highest BCUT2D eigenvalue weighted by Crippen LogP contribution is 2.35. The molecule has 2 aromatic rings. The summed E-state index contributed by atoms with van der Waals surface area (Å²) in [7, 11) is 4.64. The lowest BCUT2D eigenvalue weighted by molar-refractivity contribution is -0.136. The molecule has 0 aromatic heterocycles. The van der Waals surface area contributed by atoms with Gasteiger partial charge in [-0.1, -0.05) is 6.07 Å². The first-order valence-corrected chi connectivity index (χ1v) is 10.4. The third-order valence-corrected chi connectivity index (χ3v) is 5.01. The Labute approximate surface area is 187 Å². The number of anilines is 1. The number of amides is 2. The molecule has 2 amide bonds. The zero-order valence-corrected chi connectivity index (χ0v) is 18.8. The van der Waals surface area contributed by atoms with Gasteiger partial charge < -0.3 is 24.3 Å². The minimum Gasteiger partial charge on any atom is -0.494 e. The van der Waals surface area contributed by atoms with Crippen molar-refractivity contribution in [3.05, 3.63) is 53.7 Å². The first kappa shape index (κ1) is 23.1. The van der Waals surface area contributed by atoms with Gasteiger partial charge in [0.2, 0.25) is 0 Å². The topological polar surface area (TPSA) is 86.3 Å². The quantitative estimate of drug-likeness (QED) is 0.424. The van der Waals surface area contributed by atoms with Crippen molar-refractivity contribution < 1.29 is 28.5 Å². The van der Waals surface area contributed by atoms with Crippen LogP contribution < -0.4 is 19.5 Å². The molecule has 0 saturated carbocycles. The summed E-state index contributed by atoms with van der Waals surface area (Å²) in [5.74, 6) is 0.973. The van der Waals surface area contributed by atoms with Crippen LogP contribution in [0.4, 0.5) is 5.69 Å². The molecule has 170 valence electrons. The van der Waals surface area contributed by atoms with E-state index in [0.717, 1.165) is 5.75 Å². The zero-order valence-electron chi connectivity index (χ0n) is 18.8. The fourth-order valence-corrected chi connectivity index (χ4v) is 3.47. The van der Waals surface area contributed by atoms with E-state index < -0.39 is 0 Å². The lowest BCUT2D eigenvalue weighted by Gasteiger charge is -2.15. The van der Waals surface area contributed by atoms with E-state index >= 15 is 0 Å². The Bertz CT molecular complexity index is 1000. The SMILES string of the molecule is CCOc1ccc(NC2=C(c3ccc(OC)c(OC)c3)C(=O)N(CCCOC)C2=O)cc1. The van der Waals surface area contributed by atoms with Crippen LogP contribution in [0.15, 0.2) is 48.2 Å². The molecule has 8 heteroatoms. The number of benzene rings is 2. The molecule has 0 atom stereocenters. The Kier molecular flexibility index (Phi) is 7.72. The number of hydrogen-bond acceptors (Lipinski definition) is 7. The van der Waals surface area contributed by atoms with E-state index in [2.05, 4.69) is 5.32 Å². The second-order valence-electron chi connectivity index (χ2n) is 7.01. The number of carbonyl (C=O) groups is 2. The van der Waals surface area contributed by atoms with Crippen molar-refractivity contribution >= 4 is 23.1 Å². The summed E-state index contributed by atoms with van der Waals surface area (Å²) in [4.78, 5) is 27.7. The highest BCUT2D eigenvalue weighted by atomic mass is 16.5. The molecule has 0 bridgehead atoms. The molecule has 1 aliphatic heterocycles. The van der Waals surface area contributed by atoms with Crippen molar-refractivity contribution in [2.75, 3.05) is 46.4 Å². The Balaban J connectivity index is 2.00. The summed E-state index contributed by atoms with van der Waals surface area (Å²) in [6, 6.07) is 12.4. The van der Waals surface area contributed by atoms with Gasteiger partial charge in [0.1, 0.15) is 11.4 Å². The van der Waals surface area contributed by atoms with Crippen molar-refractivity contribution in [1.82, 2.24) is 4.90 Å². The maximum atomic E-state index is 13.3. The van der Waals surface area contributed by atoms with Crippen LogP contribution in [0, 0.1) is 0 Å². The Hall–Kier alpha value is -3.52. The van der Waals surface area contributed by atoms with E-state index in [-0.39, 0.29) is 29.6 Å². The minimum atomic E-state index is -0.384. The molecule has 0 aliphatic carbocycles. The summed E-state index contributed by atoms with van der Waals surface area (Å²) >= 11 is 0. The smallest absolute Gasteiger partial charge is 0.278 e. The average Bonchev–Trinajstić information content (AvgIpc) is 3.04. The van der Waals surface area contributed by atoms with Crippen molar-refractivity contribution in [3.63, 3.8) is 0 Å². The number of nitrogens with one attached hydrogen (secondary N) is 1. The van der Waals surface area contributed by atoms with Crippen LogP contribution in [0.5, 0.6) is 17.2 Å². The number of ether oxygens (including phenoxy) is 4. The van der Waals surface area contributed by atoms with Crippen molar-refractivity contribution in [3.8, 4) is 17.2 Å². The molecule has 32 heavy (non-hydrogen) atoms. The molecule has 0 radical (unpaired) electrons. The van der Waals surface area contributed by atoms with Gasteiger partial charge in [0.15, 0.2) is 11.5 Å². The normalized spacial score (nSPS) is 13.6. The van der Waals surface area contributed by atoms with Gasteiger partial charge in [-0.05, 0) is 55.3 Å². The molecule has 1 N–H and O–H groups in total. The second-order valence-corrected chi connectivity index (χ2v) is 7.01. The van der Waals surface area contributed by atoms with Gasteiger partial charge in [-0.2, -0.15) is 0 Å². The number of hydrogen-bond donors (Lipinski definition) is 1. The van der Waals surface area contributed by atoms with E-state index in [1.54, 1.807) is 49.6 Å². The first-order chi connectivity index (χ1) is 15.5. The maximum absolute atomic E-state index is 13.3. The lowest BCUT2D eigenvalue weighted by atomic mass is 10.0. The molecule has 0 spiro atoms. The molecule has 0 saturated heterocycles. The lowest BCUT2D eigenvalue weighted by Crippen LogP contribution is -2.33. The van der Waals surface area contributed by atoms with E-state index in [1.165, 1.54) is 19.1 Å². The Morgan fingerprint density at radius 2 is 1.62 bits per heavy atom. The highest BCUT2D eigenvalue weighted by Gasteiger charge is 2.39. The fraction of sp³-hybridized carbons (Fsp3) is 0.333. The van der Waals surface area contributed by atoms with Gasteiger partial charge in [-0.25, -0.2) is 0 Å². The summed E-state index contributed by atoms with van der Waals surface area (Å²) in [6.45, 7) is 3.18. The summed E-state index contributed by atoms with van der Waals surface area (Å²) in [6.07, 6.45) is 0.545. The fourth-order valence-electron chi connectivity index (χ4n) is 3.47. The molecule has 1 heterocycles. The van der Waals surface area contributed by atoms with Crippen molar-refractivity contribution in [1.29, 1.82) is 0 Å². The average molecular weight is 440 g/mol.